The number of amides is 1. The molecule has 0 radical (unpaired) electrons. The number of hydrogen-bond donors (Lipinski definition) is 0. The Labute approximate surface area is 173 Å². The smallest absolute Gasteiger partial charge is 0.214 e. The highest BCUT2D eigenvalue weighted by atomic mass is 16.5. The van der Waals surface area contributed by atoms with Gasteiger partial charge >= 0.3 is 0 Å². The van der Waals surface area contributed by atoms with Crippen molar-refractivity contribution >= 4 is 24.0 Å². The van der Waals surface area contributed by atoms with Gasteiger partial charge in [-0.25, -0.2) is 0 Å². The third kappa shape index (κ3) is 4.97. The molecular weight excluding hydrogens is 364 g/mol. The zero-order valence-corrected chi connectivity index (χ0v) is 17.6. The highest BCUT2D eigenvalue weighted by Crippen LogP contribution is 2.35. The molecule has 1 aliphatic heterocycles. The molecule has 1 amide bonds. The largest absolute Gasteiger partial charge is 0.493 e. The average molecular weight is 395 g/mol. The summed E-state index contributed by atoms with van der Waals surface area (Å²) in [7, 11) is 1.65. The molecule has 1 aliphatic rings. The predicted octanol–water partition coefficient (Wildman–Crippen LogP) is 5.25. The van der Waals surface area contributed by atoms with Crippen LogP contribution >= 0.6 is 0 Å². The summed E-state index contributed by atoms with van der Waals surface area (Å²) in [4.78, 5) is 18.1. The fourth-order valence-corrected chi connectivity index (χ4v) is 3.64. The maximum absolute atomic E-state index is 11.6. The molecule has 0 N–H and O–H groups in total. The number of methoxy groups -OCH3 is 1. The van der Waals surface area contributed by atoms with Crippen LogP contribution in [0.4, 0.5) is 11.4 Å². The van der Waals surface area contributed by atoms with Crippen molar-refractivity contribution in [2.75, 3.05) is 18.6 Å². The molecule has 0 spiro atoms. The van der Waals surface area contributed by atoms with Gasteiger partial charge in [0.15, 0.2) is 11.5 Å². The van der Waals surface area contributed by atoms with Gasteiger partial charge in [0.25, 0.3) is 0 Å². The summed E-state index contributed by atoms with van der Waals surface area (Å²) in [5.74, 6) is 1.43. The lowest BCUT2D eigenvalue weighted by Gasteiger charge is -2.17. The minimum atomic E-state index is -0.0789. The van der Waals surface area contributed by atoms with Crippen LogP contribution in [0.15, 0.2) is 41.4 Å². The first-order valence-corrected chi connectivity index (χ1v) is 10.3. The Kier molecular flexibility index (Phi) is 7.28. The average Bonchev–Trinajstić information content (AvgIpc) is 3.10. The summed E-state index contributed by atoms with van der Waals surface area (Å²) in [5, 5.41) is 0. The summed E-state index contributed by atoms with van der Waals surface area (Å²) in [6, 6.07) is 11.8. The van der Waals surface area contributed by atoms with Gasteiger partial charge in [-0.05, 0) is 36.6 Å². The van der Waals surface area contributed by atoms with Crippen LogP contribution in [-0.4, -0.2) is 32.4 Å². The van der Waals surface area contributed by atoms with Gasteiger partial charge in [0.05, 0.1) is 25.4 Å². The van der Waals surface area contributed by atoms with E-state index in [-0.39, 0.29) is 6.04 Å². The number of carbonyl (C=O) groups excluding carboxylic acids is 1. The second kappa shape index (κ2) is 10.1. The predicted molar refractivity (Wildman–Crippen MR) is 118 cm³/mol. The van der Waals surface area contributed by atoms with Gasteiger partial charge in [0, 0.05) is 24.4 Å². The number of hydrogen-bond acceptors (Lipinski definition) is 4. The monoisotopic (exact) mass is 394 g/mol. The number of fused-ring (bicyclic) bond motifs is 1. The van der Waals surface area contributed by atoms with E-state index >= 15 is 0 Å². The quantitative estimate of drug-likeness (QED) is 0.314. The Bertz CT molecular complexity index is 863. The summed E-state index contributed by atoms with van der Waals surface area (Å²) in [6.45, 7) is 4.86. The number of rotatable bonds is 10. The normalized spacial score (nSPS) is 15.6. The summed E-state index contributed by atoms with van der Waals surface area (Å²) >= 11 is 0. The molecule has 1 heterocycles. The Morgan fingerprint density at radius 3 is 2.76 bits per heavy atom. The number of anilines is 1. The van der Waals surface area contributed by atoms with E-state index in [0.717, 1.165) is 41.9 Å². The van der Waals surface area contributed by atoms with E-state index in [1.807, 2.05) is 43.5 Å². The first-order valence-electron chi connectivity index (χ1n) is 10.3. The number of unbranched alkanes of at least 4 members (excludes halogenated alkanes) is 3. The highest BCUT2D eigenvalue weighted by Gasteiger charge is 2.27. The Morgan fingerprint density at radius 1 is 1.17 bits per heavy atom. The number of benzene rings is 2. The third-order valence-electron chi connectivity index (χ3n) is 5.29. The van der Waals surface area contributed by atoms with Gasteiger partial charge in [-0.3, -0.25) is 9.79 Å². The Balaban J connectivity index is 1.74. The van der Waals surface area contributed by atoms with Crippen molar-refractivity contribution in [1.82, 2.24) is 0 Å². The molecule has 0 bridgehead atoms. The number of aryl methyl sites for hydroxylation is 1. The zero-order valence-electron chi connectivity index (χ0n) is 17.6. The molecule has 2 aromatic rings. The van der Waals surface area contributed by atoms with Crippen molar-refractivity contribution in [3.05, 3.63) is 47.5 Å². The number of aliphatic imine (C=N–C) groups is 1. The molecule has 1 unspecified atom stereocenters. The van der Waals surface area contributed by atoms with Crippen molar-refractivity contribution < 1.29 is 14.3 Å². The molecule has 0 aliphatic carbocycles. The van der Waals surface area contributed by atoms with Gasteiger partial charge in [0.1, 0.15) is 0 Å². The molecular formula is C24H30N2O3. The summed E-state index contributed by atoms with van der Waals surface area (Å²) < 4.78 is 11.5. The molecule has 5 heteroatoms. The van der Waals surface area contributed by atoms with Gasteiger partial charge in [-0.2, -0.15) is 0 Å². The molecule has 29 heavy (non-hydrogen) atoms. The lowest BCUT2D eigenvalue weighted by atomic mass is 10.1. The van der Waals surface area contributed by atoms with Crippen molar-refractivity contribution in [3.8, 4) is 11.5 Å². The van der Waals surface area contributed by atoms with Crippen LogP contribution in [0, 0.1) is 6.92 Å². The molecule has 0 saturated heterocycles. The topological polar surface area (TPSA) is 51.1 Å². The van der Waals surface area contributed by atoms with Gasteiger partial charge in [0.2, 0.25) is 6.41 Å². The maximum Gasteiger partial charge on any atom is 0.214 e. The molecule has 5 nitrogen and oxygen atoms in total. The molecule has 154 valence electrons. The van der Waals surface area contributed by atoms with Crippen molar-refractivity contribution in [2.24, 2.45) is 4.99 Å². The van der Waals surface area contributed by atoms with E-state index in [1.165, 1.54) is 24.8 Å². The third-order valence-corrected chi connectivity index (χ3v) is 5.29. The van der Waals surface area contributed by atoms with E-state index < -0.39 is 0 Å². The second-order valence-corrected chi connectivity index (χ2v) is 7.39. The summed E-state index contributed by atoms with van der Waals surface area (Å²) in [6.07, 6.45) is 8.13. The first-order chi connectivity index (χ1) is 14.2. The number of carbonyl (C=O) groups is 1. The standard InChI is InChI=1S/C24H30N2O3/c1-4-5-6-9-12-29-24-15-21(18(2)13-23(24)28-3)25-16-20-14-19-10-7-8-11-22(19)26(20)17-27/h7-8,10-11,13,15-17,20H,4-6,9,12,14H2,1-3H3/b25-16-. The lowest BCUT2D eigenvalue weighted by Crippen LogP contribution is -2.31. The SMILES string of the molecule is CCCCCCOc1cc(/N=C\C2Cc3ccccc3N2C=O)c(C)cc1OC. The van der Waals surface area contributed by atoms with E-state index in [9.17, 15) is 4.79 Å². The van der Waals surface area contributed by atoms with Gasteiger partial charge in [-0.1, -0.05) is 44.4 Å². The minimum Gasteiger partial charge on any atom is -0.493 e. The summed E-state index contributed by atoms with van der Waals surface area (Å²) in [5.41, 5.74) is 3.96. The van der Waals surface area contributed by atoms with E-state index in [1.54, 1.807) is 12.0 Å². The van der Waals surface area contributed by atoms with Crippen LogP contribution in [0.3, 0.4) is 0 Å². The van der Waals surface area contributed by atoms with Crippen molar-refractivity contribution in [1.29, 1.82) is 0 Å². The molecule has 0 saturated carbocycles. The van der Waals surface area contributed by atoms with E-state index in [4.69, 9.17) is 14.5 Å². The van der Waals surface area contributed by atoms with Crippen molar-refractivity contribution in [3.63, 3.8) is 0 Å². The molecule has 2 aromatic carbocycles. The van der Waals surface area contributed by atoms with Gasteiger partial charge < -0.3 is 14.4 Å². The number of ether oxygens (including phenoxy) is 2. The van der Waals surface area contributed by atoms with Gasteiger partial charge in [-0.15, -0.1) is 0 Å². The van der Waals surface area contributed by atoms with Crippen LogP contribution in [-0.2, 0) is 11.2 Å². The maximum atomic E-state index is 11.6. The highest BCUT2D eigenvalue weighted by molar-refractivity contribution is 5.90. The van der Waals surface area contributed by atoms with Crippen LogP contribution in [0.2, 0.25) is 0 Å². The fraction of sp³-hybridized carbons (Fsp3) is 0.417. The van der Waals surface area contributed by atoms with Crippen LogP contribution in [0.5, 0.6) is 11.5 Å². The Hall–Kier alpha value is -2.82. The van der Waals surface area contributed by atoms with E-state index in [0.29, 0.717) is 12.4 Å². The Morgan fingerprint density at radius 2 is 2.00 bits per heavy atom. The number of para-hydroxylation sites is 1. The minimum absolute atomic E-state index is 0.0789. The fourth-order valence-electron chi connectivity index (χ4n) is 3.64. The van der Waals surface area contributed by atoms with Crippen LogP contribution < -0.4 is 14.4 Å². The van der Waals surface area contributed by atoms with Crippen LogP contribution in [0.1, 0.15) is 43.7 Å². The molecule has 0 fully saturated rings. The van der Waals surface area contributed by atoms with Crippen molar-refractivity contribution in [2.45, 2.75) is 52.0 Å². The molecule has 1 atom stereocenters. The second-order valence-electron chi connectivity index (χ2n) is 7.39. The number of nitrogens with zero attached hydrogens (tertiary/aromatic N) is 2. The lowest BCUT2D eigenvalue weighted by molar-refractivity contribution is -0.107. The molecule has 3 rings (SSSR count). The van der Waals surface area contributed by atoms with E-state index in [2.05, 4.69) is 13.0 Å². The zero-order chi connectivity index (χ0) is 20.6. The van der Waals surface area contributed by atoms with Crippen LogP contribution in [0.25, 0.3) is 0 Å². The first kappa shape index (κ1) is 20.9. The molecule has 0 aromatic heterocycles.